The molecule has 0 bridgehead atoms. The second-order valence-corrected chi connectivity index (χ2v) is 6.74. The predicted octanol–water partition coefficient (Wildman–Crippen LogP) is 2.16. The average Bonchev–Trinajstić information content (AvgIpc) is 2.91. The molecule has 1 aliphatic heterocycles. The molecule has 0 unspecified atom stereocenters. The molecule has 2 aromatic carbocycles. The van der Waals surface area contributed by atoms with Gasteiger partial charge in [-0.15, -0.1) is 0 Å². The number of rotatable bonds is 6. The molecule has 7 heteroatoms. The fourth-order valence-electron chi connectivity index (χ4n) is 2.89. The summed E-state index contributed by atoms with van der Waals surface area (Å²) in [5, 5.41) is 2.63. The van der Waals surface area contributed by atoms with Gasteiger partial charge in [0.15, 0.2) is 6.61 Å². The van der Waals surface area contributed by atoms with Crippen molar-refractivity contribution in [2.24, 2.45) is 0 Å². The van der Waals surface area contributed by atoms with Crippen molar-refractivity contribution < 1.29 is 23.9 Å². The van der Waals surface area contributed by atoms with Crippen LogP contribution >= 0.6 is 0 Å². The first-order chi connectivity index (χ1) is 13.4. The van der Waals surface area contributed by atoms with E-state index >= 15 is 0 Å². The summed E-state index contributed by atoms with van der Waals surface area (Å²) in [7, 11) is 0. The maximum Gasteiger partial charge on any atom is 0.338 e. The van der Waals surface area contributed by atoms with E-state index in [1.807, 2.05) is 13.8 Å². The Labute approximate surface area is 162 Å². The zero-order chi connectivity index (χ0) is 20.3. The largest absolute Gasteiger partial charge is 0.452 e. The minimum absolute atomic E-state index is 0.0346. The monoisotopic (exact) mass is 380 g/mol. The first-order valence-electron chi connectivity index (χ1n) is 8.87. The van der Waals surface area contributed by atoms with Crippen molar-refractivity contribution >= 4 is 23.7 Å². The molecule has 1 N–H and O–H groups in total. The molecule has 2 aromatic rings. The van der Waals surface area contributed by atoms with E-state index in [1.54, 1.807) is 36.4 Å². The number of amides is 3. The second kappa shape index (κ2) is 8.04. The normalized spacial score (nSPS) is 12.9. The molecule has 0 spiro atoms. The topological polar surface area (TPSA) is 92.8 Å². The number of ether oxygens (including phenoxy) is 1. The van der Waals surface area contributed by atoms with E-state index in [-0.39, 0.29) is 42.5 Å². The van der Waals surface area contributed by atoms with Gasteiger partial charge < -0.3 is 10.1 Å². The molecule has 0 aliphatic carbocycles. The highest BCUT2D eigenvalue weighted by molar-refractivity contribution is 6.21. The van der Waals surface area contributed by atoms with Crippen LogP contribution in [0.2, 0.25) is 0 Å². The maximum atomic E-state index is 12.4. The molecule has 0 saturated heterocycles. The number of benzene rings is 2. The van der Waals surface area contributed by atoms with Crippen LogP contribution < -0.4 is 5.32 Å². The van der Waals surface area contributed by atoms with Gasteiger partial charge in [0.2, 0.25) is 0 Å². The molecule has 1 heterocycles. The van der Waals surface area contributed by atoms with Gasteiger partial charge in [0.1, 0.15) is 0 Å². The number of carbonyl (C=O) groups excluding carboxylic acids is 4. The third-order valence-corrected chi connectivity index (χ3v) is 4.19. The smallest absolute Gasteiger partial charge is 0.338 e. The van der Waals surface area contributed by atoms with Gasteiger partial charge in [-0.3, -0.25) is 19.3 Å². The lowest BCUT2D eigenvalue weighted by atomic mass is 10.1. The van der Waals surface area contributed by atoms with E-state index in [1.165, 1.54) is 17.0 Å². The van der Waals surface area contributed by atoms with Gasteiger partial charge in [0.25, 0.3) is 17.7 Å². The van der Waals surface area contributed by atoms with Crippen LogP contribution in [0.15, 0.2) is 48.5 Å². The molecule has 0 radical (unpaired) electrons. The Hall–Kier alpha value is -3.48. The van der Waals surface area contributed by atoms with E-state index in [9.17, 15) is 19.2 Å². The van der Waals surface area contributed by atoms with Crippen molar-refractivity contribution in [3.8, 4) is 0 Å². The van der Waals surface area contributed by atoms with Crippen molar-refractivity contribution in [3.05, 3.63) is 70.8 Å². The Kier molecular flexibility index (Phi) is 5.54. The minimum atomic E-state index is -0.619. The third kappa shape index (κ3) is 4.09. The van der Waals surface area contributed by atoms with Crippen molar-refractivity contribution in [2.75, 3.05) is 6.61 Å². The van der Waals surface area contributed by atoms with Crippen LogP contribution in [0, 0.1) is 0 Å². The Morgan fingerprint density at radius 1 is 0.964 bits per heavy atom. The van der Waals surface area contributed by atoms with Gasteiger partial charge in [-0.2, -0.15) is 0 Å². The SMILES string of the molecule is CC(C)NC(=O)COC(=O)c1ccc(CN2C(=O)c3ccccc3C2=O)cc1. The number of esters is 1. The number of imide groups is 1. The number of nitrogens with zero attached hydrogens (tertiary/aromatic N) is 1. The molecule has 3 rings (SSSR count). The summed E-state index contributed by atoms with van der Waals surface area (Å²) in [5.74, 6) is -1.66. The van der Waals surface area contributed by atoms with Crippen LogP contribution in [0.1, 0.15) is 50.5 Å². The van der Waals surface area contributed by atoms with Gasteiger partial charge in [-0.05, 0) is 43.7 Å². The zero-order valence-electron chi connectivity index (χ0n) is 15.6. The maximum absolute atomic E-state index is 12.4. The molecule has 7 nitrogen and oxygen atoms in total. The minimum Gasteiger partial charge on any atom is -0.452 e. The van der Waals surface area contributed by atoms with Gasteiger partial charge >= 0.3 is 5.97 Å². The second-order valence-electron chi connectivity index (χ2n) is 6.74. The number of hydrogen-bond acceptors (Lipinski definition) is 5. The zero-order valence-corrected chi connectivity index (χ0v) is 15.6. The van der Waals surface area contributed by atoms with Crippen LogP contribution in [0.5, 0.6) is 0 Å². The summed E-state index contributed by atoms with van der Waals surface area (Å²) in [6, 6.07) is 13.0. The Bertz CT molecular complexity index is 899. The van der Waals surface area contributed by atoms with E-state index in [0.717, 1.165) is 0 Å². The highest BCUT2D eigenvalue weighted by Crippen LogP contribution is 2.24. The quantitative estimate of drug-likeness (QED) is 0.612. The molecule has 0 atom stereocenters. The molecule has 0 saturated carbocycles. The highest BCUT2D eigenvalue weighted by Gasteiger charge is 2.34. The van der Waals surface area contributed by atoms with Crippen LogP contribution in [0.4, 0.5) is 0 Å². The van der Waals surface area contributed by atoms with Crippen LogP contribution in [0.3, 0.4) is 0 Å². The van der Waals surface area contributed by atoms with Gasteiger partial charge in [-0.25, -0.2) is 4.79 Å². The lowest BCUT2D eigenvalue weighted by Gasteiger charge is -2.14. The first-order valence-corrected chi connectivity index (χ1v) is 8.87. The summed E-state index contributed by atoms with van der Waals surface area (Å²) in [6.45, 7) is 3.38. The molecule has 0 aromatic heterocycles. The van der Waals surface area contributed by atoms with Crippen molar-refractivity contribution in [3.63, 3.8) is 0 Å². The summed E-state index contributed by atoms with van der Waals surface area (Å²) >= 11 is 0. The van der Waals surface area contributed by atoms with Crippen LogP contribution in [-0.4, -0.2) is 41.2 Å². The van der Waals surface area contributed by atoms with Crippen molar-refractivity contribution in [1.29, 1.82) is 0 Å². The highest BCUT2D eigenvalue weighted by atomic mass is 16.5. The number of hydrogen-bond donors (Lipinski definition) is 1. The Morgan fingerprint density at radius 2 is 1.54 bits per heavy atom. The van der Waals surface area contributed by atoms with Gasteiger partial charge in [0.05, 0.1) is 23.2 Å². The summed E-state index contributed by atoms with van der Waals surface area (Å²) in [6.07, 6.45) is 0. The molecule has 3 amide bonds. The number of nitrogens with one attached hydrogen (secondary N) is 1. The van der Waals surface area contributed by atoms with Crippen molar-refractivity contribution in [1.82, 2.24) is 10.2 Å². The molecular weight excluding hydrogens is 360 g/mol. The van der Waals surface area contributed by atoms with Crippen LogP contribution in [-0.2, 0) is 16.1 Å². The number of carbonyl (C=O) groups is 4. The van der Waals surface area contributed by atoms with Gasteiger partial charge in [0, 0.05) is 6.04 Å². The fraction of sp³-hybridized carbons (Fsp3) is 0.238. The first kappa shape index (κ1) is 19.3. The molecule has 1 aliphatic rings. The number of fused-ring (bicyclic) bond motifs is 1. The lowest BCUT2D eigenvalue weighted by molar-refractivity contribution is -0.124. The van der Waals surface area contributed by atoms with E-state index in [0.29, 0.717) is 16.7 Å². The fourth-order valence-corrected chi connectivity index (χ4v) is 2.89. The predicted molar refractivity (Wildman–Crippen MR) is 101 cm³/mol. The molecule has 144 valence electrons. The van der Waals surface area contributed by atoms with Gasteiger partial charge in [-0.1, -0.05) is 24.3 Å². The third-order valence-electron chi connectivity index (χ3n) is 4.19. The lowest BCUT2D eigenvalue weighted by Crippen LogP contribution is -2.34. The Balaban J connectivity index is 1.61. The van der Waals surface area contributed by atoms with E-state index in [2.05, 4.69) is 5.32 Å². The van der Waals surface area contributed by atoms with E-state index in [4.69, 9.17) is 4.74 Å². The summed E-state index contributed by atoms with van der Waals surface area (Å²) < 4.78 is 4.97. The molecular formula is C21H20N2O5. The van der Waals surface area contributed by atoms with Crippen LogP contribution in [0.25, 0.3) is 0 Å². The molecule has 0 fully saturated rings. The Morgan fingerprint density at radius 3 is 2.07 bits per heavy atom. The van der Waals surface area contributed by atoms with E-state index < -0.39 is 5.97 Å². The summed E-state index contributed by atoms with van der Waals surface area (Å²) in [4.78, 5) is 49.5. The average molecular weight is 380 g/mol. The molecule has 28 heavy (non-hydrogen) atoms. The standard InChI is InChI=1S/C21H20N2O5/c1-13(2)22-18(24)12-28-21(27)15-9-7-14(8-10-15)11-23-19(25)16-5-3-4-6-17(16)20(23)26/h3-10,13H,11-12H2,1-2H3,(H,22,24). The summed E-state index contributed by atoms with van der Waals surface area (Å²) in [5.41, 5.74) is 1.77. The van der Waals surface area contributed by atoms with Crippen molar-refractivity contribution in [2.45, 2.75) is 26.4 Å².